The monoisotopic (exact) mass is 294 g/mol. The maximum Gasteiger partial charge on any atom is 0.320 e. The van der Waals surface area contributed by atoms with Crippen LogP contribution >= 0.6 is 0 Å². The summed E-state index contributed by atoms with van der Waals surface area (Å²) in [6.07, 6.45) is 0.712. The van der Waals surface area contributed by atoms with Gasteiger partial charge < -0.3 is 10.1 Å². The quantitative estimate of drug-likeness (QED) is 0.495. The number of hydrogen-bond acceptors (Lipinski definition) is 5. The molecule has 0 spiro atoms. The van der Waals surface area contributed by atoms with E-state index in [1.807, 2.05) is 33.8 Å². The second kappa shape index (κ2) is 7.17. The van der Waals surface area contributed by atoms with Crippen LogP contribution in [0.1, 0.15) is 45.7 Å². The summed E-state index contributed by atoms with van der Waals surface area (Å²) < 4.78 is 5.22. The van der Waals surface area contributed by atoms with Crippen molar-refractivity contribution >= 4 is 11.7 Å². The fourth-order valence-electron chi connectivity index (χ4n) is 1.94. The molecule has 1 aromatic rings. The van der Waals surface area contributed by atoms with Crippen molar-refractivity contribution in [2.75, 3.05) is 6.54 Å². The number of hydrogen-bond donors (Lipinski definition) is 1. The van der Waals surface area contributed by atoms with Gasteiger partial charge in [-0.2, -0.15) is 0 Å². The van der Waals surface area contributed by atoms with E-state index in [0.717, 1.165) is 5.56 Å². The number of nitrogens with one attached hydrogen (secondary N) is 1. The Bertz CT molecular complexity index is 509. The molecule has 1 atom stereocenters. The van der Waals surface area contributed by atoms with E-state index in [0.29, 0.717) is 6.42 Å². The van der Waals surface area contributed by atoms with E-state index in [1.54, 1.807) is 6.07 Å². The highest BCUT2D eigenvalue weighted by molar-refractivity contribution is 5.72. The number of esters is 1. The molecule has 0 aliphatic heterocycles. The molecule has 0 amide bonds. The normalized spacial score (nSPS) is 12.8. The van der Waals surface area contributed by atoms with Gasteiger partial charge in [-0.1, -0.05) is 19.1 Å². The number of benzene rings is 1. The third-order valence-corrected chi connectivity index (χ3v) is 2.80. The number of nitro groups is 1. The van der Waals surface area contributed by atoms with Gasteiger partial charge >= 0.3 is 5.97 Å². The molecule has 1 aromatic carbocycles. The first-order chi connectivity index (χ1) is 9.73. The molecule has 1 unspecified atom stereocenters. The zero-order chi connectivity index (χ0) is 16.0. The summed E-state index contributed by atoms with van der Waals surface area (Å²) in [5, 5.41) is 13.9. The molecule has 0 aliphatic rings. The molecule has 0 aromatic heterocycles. The largest absolute Gasteiger partial charge is 0.459 e. The highest BCUT2D eigenvalue weighted by atomic mass is 16.6. The average molecular weight is 294 g/mol. The maximum absolute atomic E-state index is 11.7. The van der Waals surface area contributed by atoms with Crippen LogP contribution in [0, 0.1) is 10.1 Å². The summed E-state index contributed by atoms with van der Waals surface area (Å²) in [5.74, 6) is -0.341. The van der Waals surface area contributed by atoms with Crippen LogP contribution in [-0.4, -0.2) is 23.0 Å². The Morgan fingerprint density at radius 2 is 2.10 bits per heavy atom. The molecule has 0 fully saturated rings. The topological polar surface area (TPSA) is 81.5 Å². The molecule has 1 rings (SSSR count). The second-order valence-electron chi connectivity index (χ2n) is 5.78. The SMILES string of the molecule is CCC(NCC(=O)OC(C)(C)C)c1cccc([N+](=O)[O-])c1. The molecule has 0 aliphatic carbocycles. The molecule has 6 nitrogen and oxygen atoms in total. The Kier molecular flexibility index (Phi) is 5.84. The van der Waals surface area contributed by atoms with Crippen molar-refractivity contribution in [3.05, 3.63) is 39.9 Å². The van der Waals surface area contributed by atoms with Crippen molar-refractivity contribution in [1.29, 1.82) is 0 Å². The molecule has 0 heterocycles. The number of rotatable bonds is 6. The Morgan fingerprint density at radius 1 is 1.43 bits per heavy atom. The van der Waals surface area contributed by atoms with Gasteiger partial charge in [0, 0.05) is 18.2 Å². The van der Waals surface area contributed by atoms with Crippen LogP contribution < -0.4 is 5.32 Å². The van der Waals surface area contributed by atoms with Gasteiger partial charge in [0.2, 0.25) is 0 Å². The Balaban J connectivity index is 2.69. The third kappa shape index (κ3) is 5.91. The number of ether oxygens (including phenoxy) is 1. The number of nitro benzene ring substituents is 1. The van der Waals surface area contributed by atoms with E-state index >= 15 is 0 Å². The smallest absolute Gasteiger partial charge is 0.320 e. The molecular weight excluding hydrogens is 272 g/mol. The maximum atomic E-state index is 11.7. The third-order valence-electron chi connectivity index (χ3n) is 2.80. The van der Waals surface area contributed by atoms with Crippen LogP contribution in [0.5, 0.6) is 0 Å². The van der Waals surface area contributed by atoms with Crippen molar-refractivity contribution < 1.29 is 14.5 Å². The molecule has 0 saturated heterocycles. The Morgan fingerprint density at radius 3 is 2.62 bits per heavy atom. The van der Waals surface area contributed by atoms with Gasteiger partial charge in [0.1, 0.15) is 5.60 Å². The van der Waals surface area contributed by atoms with Gasteiger partial charge in [-0.3, -0.25) is 14.9 Å². The highest BCUT2D eigenvalue weighted by Crippen LogP contribution is 2.21. The first kappa shape index (κ1) is 17.1. The van der Waals surface area contributed by atoms with Gasteiger partial charge in [-0.15, -0.1) is 0 Å². The molecule has 6 heteroatoms. The van der Waals surface area contributed by atoms with Crippen molar-refractivity contribution in [3.63, 3.8) is 0 Å². The van der Waals surface area contributed by atoms with Crippen LogP contribution in [0.2, 0.25) is 0 Å². The van der Waals surface area contributed by atoms with E-state index in [-0.39, 0.29) is 24.2 Å². The minimum absolute atomic E-state index is 0.0463. The summed E-state index contributed by atoms with van der Waals surface area (Å²) in [6.45, 7) is 7.44. The first-order valence-corrected chi connectivity index (χ1v) is 6.92. The van der Waals surface area contributed by atoms with Crippen LogP contribution in [0.15, 0.2) is 24.3 Å². The minimum atomic E-state index is -0.522. The van der Waals surface area contributed by atoms with E-state index in [9.17, 15) is 14.9 Å². The van der Waals surface area contributed by atoms with Crippen molar-refractivity contribution in [3.8, 4) is 0 Å². The lowest BCUT2D eigenvalue weighted by Crippen LogP contribution is -2.33. The molecule has 0 radical (unpaired) electrons. The van der Waals surface area contributed by atoms with Crippen LogP contribution in [-0.2, 0) is 9.53 Å². The zero-order valence-electron chi connectivity index (χ0n) is 12.9. The van der Waals surface area contributed by atoms with Crippen LogP contribution in [0.3, 0.4) is 0 Å². The predicted octanol–water partition coefficient (Wildman–Crippen LogP) is 2.98. The lowest BCUT2D eigenvalue weighted by atomic mass is 10.0. The zero-order valence-corrected chi connectivity index (χ0v) is 12.9. The van der Waals surface area contributed by atoms with E-state index < -0.39 is 10.5 Å². The van der Waals surface area contributed by atoms with Crippen molar-refractivity contribution in [2.45, 2.75) is 45.8 Å². The van der Waals surface area contributed by atoms with Gasteiger partial charge in [-0.05, 0) is 32.8 Å². The average Bonchev–Trinajstić information content (AvgIpc) is 2.37. The molecule has 0 saturated carbocycles. The summed E-state index contributed by atoms with van der Waals surface area (Å²) in [7, 11) is 0. The van der Waals surface area contributed by atoms with Gasteiger partial charge in [0.05, 0.1) is 11.5 Å². The summed E-state index contributed by atoms with van der Waals surface area (Å²) in [5.41, 5.74) is 0.312. The lowest BCUT2D eigenvalue weighted by molar-refractivity contribution is -0.384. The predicted molar refractivity (Wildman–Crippen MR) is 80.0 cm³/mol. The van der Waals surface area contributed by atoms with Crippen molar-refractivity contribution in [1.82, 2.24) is 5.32 Å². The highest BCUT2D eigenvalue weighted by Gasteiger charge is 2.18. The van der Waals surface area contributed by atoms with E-state index in [2.05, 4.69) is 5.32 Å². The Hall–Kier alpha value is -1.95. The van der Waals surface area contributed by atoms with Crippen LogP contribution in [0.25, 0.3) is 0 Å². The molecular formula is C15H22N2O4. The van der Waals surface area contributed by atoms with E-state index in [4.69, 9.17) is 4.74 Å². The standard InChI is InChI=1S/C15H22N2O4/c1-5-13(16-10-14(18)21-15(2,3)4)11-7-6-8-12(9-11)17(19)20/h6-9,13,16H,5,10H2,1-4H3. The molecule has 116 valence electrons. The Labute approximate surface area is 124 Å². The van der Waals surface area contributed by atoms with Gasteiger partial charge in [0.25, 0.3) is 5.69 Å². The second-order valence-corrected chi connectivity index (χ2v) is 5.78. The van der Waals surface area contributed by atoms with Gasteiger partial charge in [-0.25, -0.2) is 0 Å². The fourth-order valence-corrected chi connectivity index (χ4v) is 1.94. The number of carbonyl (C=O) groups is 1. The molecule has 0 bridgehead atoms. The minimum Gasteiger partial charge on any atom is -0.459 e. The van der Waals surface area contributed by atoms with E-state index in [1.165, 1.54) is 12.1 Å². The lowest BCUT2D eigenvalue weighted by Gasteiger charge is -2.21. The first-order valence-electron chi connectivity index (χ1n) is 6.92. The molecule has 21 heavy (non-hydrogen) atoms. The number of carbonyl (C=O) groups excluding carboxylic acids is 1. The number of nitrogens with zero attached hydrogens (tertiary/aromatic N) is 1. The fraction of sp³-hybridized carbons (Fsp3) is 0.533. The summed E-state index contributed by atoms with van der Waals surface area (Å²) in [6, 6.07) is 6.30. The van der Waals surface area contributed by atoms with Crippen molar-refractivity contribution in [2.24, 2.45) is 0 Å². The molecule has 1 N–H and O–H groups in total. The summed E-state index contributed by atoms with van der Waals surface area (Å²) in [4.78, 5) is 22.1. The van der Waals surface area contributed by atoms with Crippen LogP contribution in [0.4, 0.5) is 5.69 Å². The summed E-state index contributed by atoms with van der Waals surface area (Å²) >= 11 is 0. The van der Waals surface area contributed by atoms with Gasteiger partial charge in [0.15, 0.2) is 0 Å². The number of non-ortho nitro benzene ring substituents is 1.